The van der Waals surface area contributed by atoms with Crippen LogP contribution >= 0.6 is 11.6 Å². The van der Waals surface area contributed by atoms with E-state index in [0.717, 1.165) is 5.56 Å². The van der Waals surface area contributed by atoms with Crippen LogP contribution in [0.1, 0.15) is 10.5 Å². The molecule has 0 bridgehead atoms. The van der Waals surface area contributed by atoms with Crippen molar-refractivity contribution in [2.24, 2.45) is 0 Å². The second-order valence-corrected chi connectivity index (χ2v) is 6.46. The summed E-state index contributed by atoms with van der Waals surface area (Å²) in [6, 6.07) is 14.4. The van der Waals surface area contributed by atoms with E-state index >= 15 is 0 Å². The molecule has 0 spiro atoms. The normalized spacial score (nSPS) is 11.0. The largest absolute Gasteiger partial charge is 0.497 e. The van der Waals surface area contributed by atoms with Gasteiger partial charge in [0.05, 0.1) is 18.5 Å². The number of nitrogens with zero attached hydrogens (tertiary/aromatic N) is 3. The molecule has 140 valence electrons. The highest BCUT2D eigenvalue weighted by atomic mass is 35.5. The van der Waals surface area contributed by atoms with Crippen LogP contribution in [-0.2, 0) is 0 Å². The number of fused-ring (bicyclic) bond motifs is 1. The van der Waals surface area contributed by atoms with Crippen molar-refractivity contribution in [3.05, 3.63) is 71.1 Å². The molecule has 0 aliphatic carbocycles. The van der Waals surface area contributed by atoms with E-state index in [9.17, 15) is 14.3 Å². The first-order valence-corrected chi connectivity index (χ1v) is 8.57. The molecule has 0 atom stereocenters. The summed E-state index contributed by atoms with van der Waals surface area (Å²) in [5.41, 5.74) is 2.36. The molecular weight excluding hydrogens is 385 g/mol. The van der Waals surface area contributed by atoms with Crippen LogP contribution in [0.4, 0.5) is 4.39 Å². The Hall–Kier alpha value is -3.45. The van der Waals surface area contributed by atoms with Crippen molar-refractivity contribution < 1.29 is 19.0 Å². The van der Waals surface area contributed by atoms with Crippen LogP contribution in [-0.4, -0.2) is 32.8 Å². The van der Waals surface area contributed by atoms with E-state index in [4.69, 9.17) is 16.3 Å². The maximum atomic E-state index is 14.1. The summed E-state index contributed by atoms with van der Waals surface area (Å²) in [7, 11) is 1.44. The lowest BCUT2D eigenvalue weighted by Gasteiger charge is -2.10. The van der Waals surface area contributed by atoms with Gasteiger partial charge in [0.15, 0.2) is 11.3 Å². The molecule has 28 heavy (non-hydrogen) atoms. The minimum atomic E-state index is -1.18. The molecule has 0 unspecified atom stereocenters. The summed E-state index contributed by atoms with van der Waals surface area (Å²) in [6.07, 6.45) is 0. The topological polar surface area (TPSA) is 76.7 Å². The monoisotopic (exact) mass is 397 g/mol. The number of aromatic carboxylic acids is 1. The van der Waals surface area contributed by atoms with Crippen LogP contribution in [0.5, 0.6) is 5.75 Å². The Morgan fingerprint density at radius 1 is 1.14 bits per heavy atom. The number of carbonyl (C=O) groups is 1. The van der Waals surface area contributed by atoms with Crippen LogP contribution in [0.15, 0.2) is 54.6 Å². The van der Waals surface area contributed by atoms with E-state index in [0.29, 0.717) is 33.4 Å². The van der Waals surface area contributed by atoms with Crippen LogP contribution < -0.4 is 4.74 Å². The fourth-order valence-corrected chi connectivity index (χ4v) is 3.10. The lowest BCUT2D eigenvalue weighted by Crippen LogP contribution is -2.01. The van der Waals surface area contributed by atoms with Gasteiger partial charge in [0.2, 0.25) is 0 Å². The Morgan fingerprint density at radius 3 is 2.68 bits per heavy atom. The second-order valence-electron chi connectivity index (χ2n) is 6.02. The Bertz CT molecular complexity index is 1220. The standard InChI is InChI=1S/C20H13ClFN3O3/c1-28-15-7-12(6-14(22)8-15)18-9-16(11-3-2-4-13(21)5-11)23-19-10-17(20(26)27)24-25(18)19/h2-10H,1H3,(H,26,27). The molecule has 0 saturated heterocycles. The lowest BCUT2D eigenvalue weighted by molar-refractivity contribution is 0.0690. The van der Waals surface area contributed by atoms with E-state index in [2.05, 4.69) is 10.1 Å². The number of carboxylic acid groups (broad SMARTS) is 1. The number of hydrogen-bond donors (Lipinski definition) is 1. The number of ether oxygens (including phenoxy) is 1. The number of benzene rings is 2. The molecule has 4 rings (SSSR count). The maximum Gasteiger partial charge on any atom is 0.356 e. The third-order valence-corrected chi connectivity index (χ3v) is 4.40. The molecule has 0 radical (unpaired) electrons. The third-order valence-electron chi connectivity index (χ3n) is 4.17. The zero-order valence-electron chi connectivity index (χ0n) is 14.6. The summed E-state index contributed by atoms with van der Waals surface area (Å²) in [5, 5.41) is 13.9. The van der Waals surface area contributed by atoms with Gasteiger partial charge in [-0.05, 0) is 30.3 Å². The molecule has 1 N–H and O–H groups in total. The van der Waals surface area contributed by atoms with Gasteiger partial charge in [-0.2, -0.15) is 5.10 Å². The van der Waals surface area contributed by atoms with Crippen molar-refractivity contribution in [2.45, 2.75) is 0 Å². The SMILES string of the molecule is COc1cc(F)cc(-c2cc(-c3cccc(Cl)c3)nc3cc(C(=O)O)nn23)c1. The van der Waals surface area contributed by atoms with Crippen LogP contribution in [0, 0.1) is 5.82 Å². The van der Waals surface area contributed by atoms with Crippen molar-refractivity contribution in [1.82, 2.24) is 14.6 Å². The zero-order chi connectivity index (χ0) is 19.8. The predicted molar refractivity (Wildman–Crippen MR) is 102 cm³/mol. The molecule has 2 aromatic carbocycles. The average Bonchev–Trinajstić information content (AvgIpc) is 3.11. The minimum absolute atomic E-state index is 0.166. The van der Waals surface area contributed by atoms with Crippen molar-refractivity contribution >= 4 is 23.2 Å². The number of methoxy groups -OCH3 is 1. The summed E-state index contributed by atoms with van der Waals surface area (Å²) in [6.45, 7) is 0. The van der Waals surface area contributed by atoms with Gasteiger partial charge in [0, 0.05) is 28.3 Å². The van der Waals surface area contributed by atoms with Crippen molar-refractivity contribution in [3.63, 3.8) is 0 Å². The Morgan fingerprint density at radius 2 is 1.96 bits per heavy atom. The summed E-state index contributed by atoms with van der Waals surface area (Å²) >= 11 is 6.09. The van der Waals surface area contributed by atoms with Gasteiger partial charge in [0.25, 0.3) is 0 Å². The summed E-state index contributed by atoms with van der Waals surface area (Å²) in [4.78, 5) is 15.9. The first kappa shape index (κ1) is 17.9. The van der Waals surface area contributed by atoms with Gasteiger partial charge in [-0.25, -0.2) is 18.7 Å². The number of rotatable bonds is 4. The van der Waals surface area contributed by atoms with Crippen molar-refractivity contribution in [3.8, 4) is 28.3 Å². The highest BCUT2D eigenvalue weighted by Crippen LogP contribution is 2.30. The number of carboxylic acids is 1. The van der Waals surface area contributed by atoms with E-state index in [1.54, 1.807) is 30.3 Å². The fraction of sp³-hybridized carbons (Fsp3) is 0.0500. The van der Waals surface area contributed by atoms with Crippen LogP contribution in [0.25, 0.3) is 28.2 Å². The Kier molecular flexibility index (Phi) is 4.44. The van der Waals surface area contributed by atoms with Gasteiger partial charge in [-0.1, -0.05) is 23.7 Å². The van der Waals surface area contributed by atoms with Gasteiger partial charge < -0.3 is 9.84 Å². The van der Waals surface area contributed by atoms with Gasteiger partial charge >= 0.3 is 5.97 Å². The summed E-state index contributed by atoms with van der Waals surface area (Å²) < 4.78 is 20.6. The number of hydrogen-bond acceptors (Lipinski definition) is 4. The smallest absolute Gasteiger partial charge is 0.356 e. The predicted octanol–water partition coefficient (Wildman–Crippen LogP) is 4.56. The quantitative estimate of drug-likeness (QED) is 0.546. The van der Waals surface area contributed by atoms with E-state index in [1.165, 1.54) is 29.8 Å². The Labute approximate surface area is 163 Å². The molecule has 4 aromatic rings. The van der Waals surface area contributed by atoms with E-state index < -0.39 is 11.8 Å². The molecule has 0 saturated carbocycles. The first-order valence-electron chi connectivity index (χ1n) is 8.19. The average molecular weight is 398 g/mol. The second kappa shape index (κ2) is 6.94. The zero-order valence-corrected chi connectivity index (χ0v) is 15.3. The molecule has 6 nitrogen and oxygen atoms in total. The third kappa shape index (κ3) is 3.27. The molecule has 2 aromatic heterocycles. The van der Waals surface area contributed by atoms with Crippen LogP contribution in [0.2, 0.25) is 5.02 Å². The van der Waals surface area contributed by atoms with Gasteiger partial charge in [0.1, 0.15) is 11.6 Å². The lowest BCUT2D eigenvalue weighted by atomic mass is 10.1. The number of halogens is 2. The first-order chi connectivity index (χ1) is 13.4. The van der Waals surface area contributed by atoms with Crippen LogP contribution in [0.3, 0.4) is 0 Å². The van der Waals surface area contributed by atoms with Gasteiger partial charge in [-0.3, -0.25) is 0 Å². The Balaban J connectivity index is 2.02. The van der Waals surface area contributed by atoms with E-state index in [1.807, 2.05) is 6.07 Å². The molecule has 8 heteroatoms. The maximum absolute atomic E-state index is 14.1. The molecule has 0 fully saturated rings. The molecule has 0 aliphatic rings. The number of aromatic nitrogens is 3. The molecule has 0 aliphatic heterocycles. The summed E-state index contributed by atoms with van der Waals surface area (Å²) in [5.74, 6) is -1.35. The van der Waals surface area contributed by atoms with E-state index in [-0.39, 0.29) is 5.69 Å². The molecule has 0 amide bonds. The van der Waals surface area contributed by atoms with Crippen molar-refractivity contribution in [2.75, 3.05) is 7.11 Å². The fourth-order valence-electron chi connectivity index (χ4n) is 2.91. The van der Waals surface area contributed by atoms with Crippen molar-refractivity contribution in [1.29, 1.82) is 0 Å². The molecule has 2 heterocycles. The highest BCUT2D eigenvalue weighted by molar-refractivity contribution is 6.30. The highest BCUT2D eigenvalue weighted by Gasteiger charge is 2.17. The molecular formula is C20H13ClFN3O3. The minimum Gasteiger partial charge on any atom is -0.497 e. The van der Waals surface area contributed by atoms with Gasteiger partial charge in [-0.15, -0.1) is 0 Å².